The van der Waals surface area contributed by atoms with Gasteiger partial charge in [-0.1, -0.05) is 18.2 Å². The van der Waals surface area contributed by atoms with E-state index in [1.807, 2.05) is 18.2 Å². The second kappa shape index (κ2) is 3.44. The Morgan fingerprint density at radius 3 is 2.36 bits per heavy atom. The van der Waals surface area contributed by atoms with Crippen molar-refractivity contribution < 1.29 is 9.90 Å². The van der Waals surface area contributed by atoms with Crippen molar-refractivity contribution in [3.05, 3.63) is 30.3 Å². The molecule has 1 rings (SSSR count). The third-order valence-corrected chi connectivity index (χ3v) is 2.83. The van der Waals surface area contributed by atoms with Gasteiger partial charge in [0.25, 0.3) is 5.30 Å². The van der Waals surface area contributed by atoms with Gasteiger partial charge in [-0.3, -0.25) is 0 Å². The van der Waals surface area contributed by atoms with Crippen LogP contribution in [0.3, 0.4) is 0 Å². The Morgan fingerprint density at radius 2 is 1.91 bits per heavy atom. The van der Waals surface area contributed by atoms with Crippen molar-refractivity contribution in [2.24, 2.45) is 0 Å². The first kappa shape index (κ1) is 8.14. The van der Waals surface area contributed by atoms with Gasteiger partial charge in [0, 0.05) is 0 Å². The summed E-state index contributed by atoms with van der Waals surface area (Å²) in [4.78, 5) is 11.2. The third-order valence-electron chi connectivity index (χ3n) is 1.35. The van der Waals surface area contributed by atoms with Gasteiger partial charge >= 0.3 is 0 Å². The monoisotopic (exact) mass is 168 g/mol. The summed E-state index contributed by atoms with van der Waals surface area (Å²) in [6.07, 6.45) is 1.64. The van der Waals surface area contributed by atoms with Gasteiger partial charge < -0.3 is 9.90 Å². The fraction of sp³-hybridized carbons (Fsp3) is 0.125. The minimum Gasteiger partial charge on any atom is -0.504 e. The van der Waals surface area contributed by atoms with Gasteiger partial charge in [0.15, 0.2) is 4.90 Å². The molecule has 0 N–H and O–H groups in total. The molecule has 11 heavy (non-hydrogen) atoms. The van der Waals surface area contributed by atoms with E-state index in [2.05, 4.69) is 0 Å². The first-order chi connectivity index (χ1) is 5.22. The molecule has 0 aliphatic heterocycles. The molecule has 1 atom stereocenters. The van der Waals surface area contributed by atoms with Gasteiger partial charge in [-0.25, -0.2) is 0 Å². The number of hydrogen-bond acceptors (Lipinski definition) is 2. The Labute approximate surface area is 68.2 Å². The molecular weight excluding hydrogens is 160 g/mol. The normalized spacial score (nSPS) is 12.5. The fourth-order valence-corrected chi connectivity index (χ4v) is 1.48. The number of benzene rings is 1. The highest BCUT2D eigenvalue weighted by molar-refractivity contribution is 8.09. The lowest BCUT2D eigenvalue weighted by Gasteiger charge is -1.99. The molecule has 58 valence electrons. The van der Waals surface area contributed by atoms with Crippen LogP contribution < -0.4 is 5.11 Å². The SMILES string of the molecule is C[S+](C(=O)[O-])c1ccccc1. The van der Waals surface area contributed by atoms with Gasteiger partial charge in [0.1, 0.15) is 6.26 Å². The molecule has 2 nitrogen and oxygen atoms in total. The molecule has 3 heteroatoms. The largest absolute Gasteiger partial charge is 0.504 e. The average Bonchev–Trinajstić information content (AvgIpc) is 2.05. The van der Waals surface area contributed by atoms with Crippen molar-refractivity contribution in [3.63, 3.8) is 0 Å². The Balaban J connectivity index is 2.85. The molecule has 0 aromatic heterocycles. The molecule has 0 bridgehead atoms. The maximum atomic E-state index is 10.4. The third kappa shape index (κ3) is 1.98. The van der Waals surface area contributed by atoms with E-state index in [9.17, 15) is 9.90 Å². The standard InChI is InChI=1S/C8H8O2S/c1-11(8(9)10)7-5-3-2-4-6-7/h2-6H,1H3. The molecule has 1 unspecified atom stereocenters. The number of carbonyl (C=O) groups excluding carboxylic acids is 1. The van der Waals surface area contributed by atoms with Crippen LogP contribution in [-0.2, 0) is 10.9 Å². The average molecular weight is 168 g/mol. The number of carbonyl (C=O) groups is 1. The quantitative estimate of drug-likeness (QED) is 0.577. The van der Waals surface area contributed by atoms with Crippen LogP contribution in [0.2, 0.25) is 0 Å². The molecule has 1 aromatic rings. The van der Waals surface area contributed by atoms with Crippen molar-refractivity contribution in [1.29, 1.82) is 0 Å². The highest BCUT2D eigenvalue weighted by Crippen LogP contribution is 2.09. The lowest BCUT2D eigenvalue weighted by molar-refractivity contribution is -0.233. The van der Waals surface area contributed by atoms with Gasteiger partial charge in [0.2, 0.25) is 0 Å². The summed E-state index contributed by atoms with van der Waals surface area (Å²) in [7, 11) is -0.780. The highest BCUT2D eigenvalue weighted by atomic mass is 32.2. The minimum absolute atomic E-state index is 0.780. The minimum atomic E-state index is -1.00. The zero-order chi connectivity index (χ0) is 8.27. The van der Waals surface area contributed by atoms with Crippen LogP contribution in [0, 0.1) is 0 Å². The second-order valence-electron chi connectivity index (χ2n) is 2.07. The van der Waals surface area contributed by atoms with Crippen LogP contribution >= 0.6 is 0 Å². The van der Waals surface area contributed by atoms with E-state index in [-0.39, 0.29) is 0 Å². The maximum Gasteiger partial charge on any atom is 0.278 e. The topological polar surface area (TPSA) is 40.1 Å². The molecule has 0 fully saturated rings. The lowest BCUT2D eigenvalue weighted by atomic mass is 10.4. The van der Waals surface area contributed by atoms with Crippen LogP contribution in [0.4, 0.5) is 4.79 Å². The Morgan fingerprint density at radius 1 is 1.36 bits per heavy atom. The summed E-state index contributed by atoms with van der Waals surface area (Å²) in [6.45, 7) is 0. The molecule has 0 saturated heterocycles. The predicted molar refractivity (Wildman–Crippen MR) is 43.4 cm³/mol. The number of hydrogen-bond donors (Lipinski definition) is 0. The maximum absolute atomic E-state index is 10.4. The first-order valence-corrected chi connectivity index (χ1v) is 4.77. The highest BCUT2D eigenvalue weighted by Gasteiger charge is 2.16. The van der Waals surface area contributed by atoms with Crippen LogP contribution in [-0.4, -0.2) is 11.6 Å². The van der Waals surface area contributed by atoms with E-state index in [0.29, 0.717) is 0 Å². The van der Waals surface area contributed by atoms with E-state index in [1.165, 1.54) is 0 Å². The molecule has 0 amide bonds. The Kier molecular flexibility index (Phi) is 2.54. The van der Waals surface area contributed by atoms with Crippen LogP contribution in [0.1, 0.15) is 0 Å². The molecule has 0 radical (unpaired) electrons. The van der Waals surface area contributed by atoms with Crippen LogP contribution in [0.15, 0.2) is 35.2 Å². The molecule has 0 aliphatic carbocycles. The summed E-state index contributed by atoms with van der Waals surface area (Å²) >= 11 is 0. The van der Waals surface area contributed by atoms with Crippen molar-refractivity contribution in [2.75, 3.05) is 6.26 Å². The van der Waals surface area contributed by atoms with E-state index in [1.54, 1.807) is 18.4 Å². The van der Waals surface area contributed by atoms with Crippen molar-refractivity contribution in [1.82, 2.24) is 0 Å². The first-order valence-electron chi connectivity index (χ1n) is 3.14. The summed E-state index contributed by atoms with van der Waals surface area (Å²) in [5.74, 6) is 0. The number of rotatable bonds is 1. The predicted octanol–water partition coefficient (Wildman–Crippen LogP) is 0.637. The van der Waals surface area contributed by atoms with Crippen LogP contribution in [0.25, 0.3) is 0 Å². The summed E-state index contributed by atoms with van der Waals surface area (Å²) in [5, 5.41) is 9.40. The Bertz CT molecular complexity index is 246. The molecular formula is C8H8O2S. The van der Waals surface area contributed by atoms with E-state index < -0.39 is 16.2 Å². The number of carboxylic acid groups (broad SMARTS) is 1. The molecule has 0 saturated carbocycles. The molecule has 0 aliphatic rings. The van der Waals surface area contributed by atoms with E-state index in [0.717, 1.165) is 4.90 Å². The summed E-state index contributed by atoms with van der Waals surface area (Å²) < 4.78 is 0. The van der Waals surface area contributed by atoms with Gasteiger partial charge in [0.05, 0.1) is 10.9 Å². The van der Waals surface area contributed by atoms with Gasteiger partial charge in [-0.2, -0.15) is 0 Å². The fourth-order valence-electron chi connectivity index (χ4n) is 0.721. The van der Waals surface area contributed by atoms with Crippen LogP contribution in [0.5, 0.6) is 0 Å². The van der Waals surface area contributed by atoms with Crippen molar-refractivity contribution in [2.45, 2.75) is 4.90 Å². The van der Waals surface area contributed by atoms with Crippen molar-refractivity contribution >= 4 is 16.2 Å². The van der Waals surface area contributed by atoms with Gasteiger partial charge in [-0.15, -0.1) is 0 Å². The zero-order valence-electron chi connectivity index (χ0n) is 6.11. The molecule has 1 aromatic carbocycles. The van der Waals surface area contributed by atoms with Crippen molar-refractivity contribution in [3.8, 4) is 0 Å². The molecule has 0 heterocycles. The Hall–Kier alpha value is -0.960. The summed E-state index contributed by atoms with van der Waals surface area (Å²) in [5.41, 5.74) is 0. The van der Waals surface area contributed by atoms with E-state index >= 15 is 0 Å². The lowest BCUT2D eigenvalue weighted by Crippen LogP contribution is -2.29. The zero-order valence-corrected chi connectivity index (χ0v) is 6.93. The molecule has 0 spiro atoms. The van der Waals surface area contributed by atoms with E-state index in [4.69, 9.17) is 0 Å². The second-order valence-corrected chi connectivity index (χ2v) is 3.90. The van der Waals surface area contributed by atoms with Gasteiger partial charge in [-0.05, 0) is 12.1 Å². The summed E-state index contributed by atoms with van der Waals surface area (Å²) in [6, 6.07) is 9.08. The smallest absolute Gasteiger partial charge is 0.278 e.